The van der Waals surface area contributed by atoms with E-state index < -0.39 is 8.32 Å². The monoisotopic (exact) mass is 229 g/mol. The van der Waals surface area contributed by atoms with Gasteiger partial charge in [-0.1, -0.05) is 20.8 Å². The molecule has 0 heterocycles. The number of hydrogen-bond acceptors (Lipinski definition) is 3. The average Bonchev–Trinajstić information content (AvgIpc) is 2.10. The minimum Gasteiger partial charge on any atom is -0.401 e. The molecule has 1 atom stereocenters. The van der Waals surface area contributed by atoms with E-state index in [9.17, 15) is 0 Å². The van der Waals surface area contributed by atoms with E-state index in [2.05, 4.69) is 39.9 Å². The summed E-state index contributed by atoms with van der Waals surface area (Å²) in [6, 6.07) is 2.20. The Kier molecular flexibility index (Phi) is 5.50. The van der Waals surface area contributed by atoms with Gasteiger partial charge in [-0.15, -0.1) is 0 Å². The fourth-order valence-corrected chi connectivity index (χ4v) is 2.14. The van der Waals surface area contributed by atoms with E-state index in [-0.39, 0.29) is 11.1 Å². The summed E-state index contributed by atoms with van der Waals surface area (Å²) in [4.78, 5) is 0. The zero-order valence-electron chi connectivity index (χ0n) is 10.8. The van der Waals surface area contributed by atoms with Crippen molar-refractivity contribution >= 4 is 8.32 Å². The fourth-order valence-electron chi connectivity index (χ4n) is 0.907. The highest BCUT2D eigenvalue weighted by molar-refractivity contribution is 6.74. The molecule has 0 aliphatic rings. The first-order valence-electron chi connectivity index (χ1n) is 5.31. The molecule has 3 nitrogen and oxygen atoms in total. The fraction of sp³-hybridized carbons (Fsp3) is 0.909. The summed E-state index contributed by atoms with van der Waals surface area (Å²) in [5.74, 6) is 0. The molecule has 0 radical (unpaired) electrons. The maximum absolute atomic E-state index is 8.97. The van der Waals surface area contributed by atoms with Crippen LogP contribution in [0.15, 0.2) is 0 Å². The Balaban J connectivity index is 4.36. The summed E-state index contributed by atoms with van der Waals surface area (Å²) in [6.45, 7) is 11.4. The normalized spacial score (nSPS) is 14.7. The molecule has 0 aromatic carbocycles. The van der Waals surface area contributed by atoms with Crippen LogP contribution in [0.1, 0.15) is 27.2 Å². The largest absolute Gasteiger partial charge is 0.401 e. The maximum Gasteiger partial charge on any atom is 0.193 e. The van der Waals surface area contributed by atoms with Gasteiger partial charge in [0, 0.05) is 20.1 Å². The molecular formula is C11H23NO2Si. The topological polar surface area (TPSA) is 42.2 Å². The molecule has 0 aromatic rings. The molecule has 88 valence electrons. The molecule has 1 unspecified atom stereocenters. The molecule has 0 saturated heterocycles. The molecule has 0 N–H and O–H groups in total. The lowest BCUT2D eigenvalue weighted by Gasteiger charge is -2.37. The third-order valence-corrected chi connectivity index (χ3v) is 7.46. The van der Waals surface area contributed by atoms with Gasteiger partial charge >= 0.3 is 0 Å². The molecule has 0 rings (SSSR count). The van der Waals surface area contributed by atoms with Crippen molar-refractivity contribution in [2.45, 2.75) is 51.4 Å². The van der Waals surface area contributed by atoms with E-state index in [0.29, 0.717) is 13.0 Å². The van der Waals surface area contributed by atoms with Crippen LogP contribution < -0.4 is 0 Å². The molecule has 0 spiro atoms. The van der Waals surface area contributed by atoms with Gasteiger partial charge in [-0.05, 0) is 18.1 Å². The van der Waals surface area contributed by atoms with Gasteiger partial charge in [-0.25, -0.2) is 0 Å². The molecule has 0 bridgehead atoms. The molecule has 0 aliphatic heterocycles. The first-order chi connectivity index (χ1) is 6.74. The van der Waals surface area contributed by atoms with E-state index in [4.69, 9.17) is 14.4 Å². The standard InChI is InChI=1S/C11H23NO2Si/c1-11(2,3)15(5,6)14-10(9-12)7-8-13-4/h10H,7-8H2,1-6H3. The minimum absolute atomic E-state index is 0.148. The third-order valence-electron chi connectivity index (χ3n) is 2.97. The van der Waals surface area contributed by atoms with Crippen molar-refractivity contribution in [1.82, 2.24) is 0 Å². The van der Waals surface area contributed by atoms with Gasteiger partial charge in [0.2, 0.25) is 0 Å². The lowest BCUT2D eigenvalue weighted by atomic mass is 10.2. The number of nitriles is 1. The quantitative estimate of drug-likeness (QED) is 0.681. The predicted molar refractivity (Wildman–Crippen MR) is 64.2 cm³/mol. The Hall–Kier alpha value is -0.373. The van der Waals surface area contributed by atoms with E-state index in [1.807, 2.05) is 0 Å². The third kappa shape index (κ3) is 4.78. The highest BCUT2D eigenvalue weighted by Crippen LogP contribution is 2.37. The number of methoxy groups -OCH3 is 1. The summed E-state index contributed by atoms with van der Waals surface area (Å²) >= 11 is 0. The first-order valence-corrected chi connectivity index (χ1v) is 8.22. The highest BCUT2D eigenvalue weighted by atomic mass is 28.4. The van der Waals surface area contributed by atoms with Crippen molar-refractivity contribution in [3.05, 3.63) is 0 Å². The van der Waals surface area contributed by atoms with Crippen molar-refractivity contribution in [2.24, 2.45) is 0 Å². The second-order valence-corrected chi connectivity index (χ2v) is 10.0. The Labute approximate surface area is 94.5 Å². The Morgan fingerprint density at radius 3 is 2.20 bits per heavy atom. The van der Waals surface area contributed by atoms with Gasteiger partial charge in [0.15, 0.2) is 8.32 Å². The Bertz CT molecular complexity index is 228. The Morgan fingerprint density at radius 2 is 1.87 bits per heavy atom. The summed E-state index contributed by atoms with van der Waals surface area (Å²) in [5, 5.41) is 9.12. The average molecular weight is 229 g/mol. The van der Waals surface area contributed by atoms with Gasteiger partial charge in [0.25, 0.3) is 0 Å². The number of hydrogen-bond donors (Lipinski definition) is 0. The molecule has 0 saturated carbocycles. The molecule has 15 heavy (non-hydrogen) atoms. The number of ether oxygens (including phenoxy) is 1. The second-order valence-electron chi connectivity index (χ2n) is 5.28. The van der Waals surface area contributed by atoms with Gasteiger partial charge in [-0.2, -0.15) is 5.26 Å². The number of rotatable bonds is 5. The number of nitrogens with zero attached hydrogens (tertiary/aromatic N) is 1. The Morgan fingerprint density at radius 1 is 1.33 bits per heavy atom. The first kappa shape index (κ1) is 14.6. The van der Waals surface area contributed by atoms with Gasteiger partial charge in [0.05, 0.1) is 6.07 Å². The van der Waals surface area contributed by atoms with Crippen molar-refractivity contribution in [2.75, 3.05) is 13.7 Å². The predicted octanol–water partition coefficient (Wildman–Crippen LogP) is 2.94. The SMILES string of the molecule is COCCC(C#N)O[Si](C)(C)C(C)(C)C. The molecule has 0 aromatic heterocycles. The van der Waals surface area contributed by atoms with Crippen molar-refractivity contribution in [3.8, 4) is 6.07 Å². The van der Waals surface area contributed by atoms with Crippen molar-refractivity contribution < 1.29 is 9.16 Å². The van der Waals surface area contributed by atoms with E-state index in [1.165, 1.54) is 0 Å². The summed E-state index contributed by atoms with van der Waals surface area (Å²) in [5.41, 5.74) is 0. The molecule has 0 aliphatic carbocycles. The van der Waals surface area contributed by atoms with Crippen LogP contribution >= 0.6 is 0 Å². The van der Waals surface area contributed by atoms with Crippen LogP contribution in [0, 0.1) is 11.3 Å². The second kappa shape index (κ2) is 5.64. The summed E-state index contributed by atoms with van der Waals surface area (Å²) < 4.78 is 10.9. The summed E-state index contributed by atoms with van der Waals surface area (Å²) in [6.07, 6.45) is 0.324. The van der Waals surface area contributed by atoms with Crippen LogP contribution in [0.25, 0.3) is 0 Å². The van der Waals surface area contributed by atoms with Crippen molar-refractivity contribution in [1.29, 1.82) is 5.26 Å². The zero-order valence-corrected chi connectivity index (χ0v) is 11.8. The van der Waals surface area contributed by atoms with Crippen LogP contribution in [0.3, 0.4) is 0 Å². The lowest BCUT2D eigenvalue weighted by molar-refractivity contribution is 0.143. The van der Waals surface area contributed by atoms with Crippen LogP contribution in [0.4, 0.5) is 0 Å². The molecular weight excluding hydrogens is 206 g/mol. The van der Waals surface area contributed by atoms with Crippen molar-refractivity contribution in [3.63, 3.8) is 0 Å². The van der Waals surface area contributed by atoms with Gasteiger partial charge in [0.1, 0.15) is 6.10 Å². The van der Waals surface area contributed by atoms with Crippen LogP contribution in [-0.4, -0.2) is 28.1 Å². The van der Waals surface area contributed by atoms with Crippen LogP contribution in [0.2, 0.25) is 18.1 Å². The lowest BCUT2D eigenvalue weighted by Crippen LogP contribution is -2.43. The molecule has 4 heteroatoms. The highest BCUT2D eigenvalue weighted by Gasteiger charge is 2.39. The molecule has 0 amide bonds. The maximum atomic E-state index is 8.97. The molecule has 0 fully saturated rings. The van der Waals surface area contributed by atoms with E-state index >= 15 is 0 Å². The van der Waals surface area contributed by atoms with E-state index in [0.717, 1.165) is 0 Å². The van der Waals surface area contributed by atoms with Gasteiger partial charge < -0.3 is 9.16 Å². The van der Waals surface area contributed by atoms with Gasteiger partial charge in [-0.3, -0.25) is 0 Å². The summed E-state index contributed by atoms with van der Waals surface area (Å²) in [7, 11) is -0.177. The van der Waals surface area contributed by atoms with Crippen LogP contribution in [-0.2, 0) is 9.16 Å². The van der Waals surface area contributed by atoms with E-state index in [1.54, 1.807) is 7.11 Å². The minimum atomic E-state index is -1.82. The smallest absolute Gasteiger partial charge is 0.193 e. The zero-order chi connectivity index (χ0) is 12.1. The van der Waals surface area contributed by atoms with Crippen LogP contribution in [0.5, 0.6) is 0 Å².